The van der Waals surface area contributed by atoms with Crippen molar-refractivity contribution in [3.63, 3.8) is 0 Å². The molecule has 4 heteroatoms. The van der Waals surface area contributed by atoms with Crippen LogP contribution in [0.4, 0.5) is 5.69 Å². The Labute approximate surface area is 155 Å². The predicted octanol–water partition coefficient (Wildman–Crippen LogP) is 5.37. The summed E-state index contributed by atoms with van der Waals surface area (Å²) in [5.74, 6) is 1.85. The molecule has 0 radical (unpaired) electrons. The quantitative estimate of drug-likeness (QED) is 0.480. The van der Waals surface area contributed by atoms with Gasteiger partial charge in [-0.3, -0.25) is 15.0 Å². The minimum absolute atomic E-state index is 0.901. The summed E-state index contributed by atoms with van der Waals surface area (Å²) in [6.07, 6.45) is 2.80. The summed E-state index contributed by atoms with van der Waals surface area (Å²) in [4.78, 5) is 13.6. The molecule has 0 aliphatic carbocycles. The van der Waals surface area contributed by atoms with Gasteiger partial charge in [0.2, 0.25) is 0 Å². The van der Waals surface area contributed by atoms with Gasteiger partial charge in [0.15, 0.2) is 0 Å². The van der Waals surface area contributed by atoms with Crippen LogP contribution in [0.25, 0.3) is 0 Å². The third-order valence-electron chi connectivity index (χ3n) is 3.96. The monoisotopic (exact) mass is 353 g/mol. The van der Waals surface area contributed by atoms with Crippen LogP contribution in [0.2, 0.25) is 0 Å². The molecule has 0 unspecified atom stereocenters. The summed E-state index contributed by atoms with van der Waals surface area (Å²) in [6, 6.07) is 6.53. The fourth-order valence-corrected chi connectivity index (χ4v) is 3.64. The highest BCUT2D eigenvalue weighted by Crippen LogP contribution is 2.28. The minimum Gasteiger partial charge on any atom is -0.296 e. The van der Waals surface area contributed by atoms with Gasteiger partial charge >= 0.3 is 0 Å². The van der Waals surface area contributed by atoms with E-state index in [0.717, 1.165) is 46.2 Å². The van der Waals surface area contributed by atoms with Crippen LogP contribution in [-0.4, -0.2) is 36.2 Å². The lowest BCUT2D eigenvalue weighted by molar-refractivity contribution is 1.24. The van der Waals surface area contributed by atoms with E-state index in [1.807, 2.05) is 31.8 Å². The fraction of sp³-hybridized carbons (Fsp3) is 0.381. The van der Waals surface area contributed by atoms with Crippen LogP contribution < -0.4 is 0 Å². The number of hydrogen-bond acceptors (Lipinski definition) is 4. The molecule has 0 spiro atoms. The van der Waals surface area contributed by atoms with E-state index in [4.69, 9.17) is 9.98 Å². The summed E-state index contributed by atoms with van der Waals surface area (Å²) in [5.41, 5.74) is 9.09. The van der Waals surface area contributed by atoms with Crippen molar-refractivity contribution >= 4 is 35.1 Å². The molecule has 0 N–H and O–H groups in total. The number of benzene rings is 1. The van der Waals surface area contributed by atoms with Crippen molar-refractivity contribution in [2.45, 2.75) is 34.1 Å². The van der Waals surface area contributed by atoms with E-state index >= 15 is 0 Å². The van der Waals surface area contributed by atoms with Crippen molar-refractivity contribution in [3.05, 3.63) is 52.7 Å². The van der Waals surface area contributed by atoms with Gasteiger partial charge in [-0.05, 0) is 50.5 Å². The molecule has 1 aliphatic rings. The van der Waals surface area contributed by atoms with Gasteiger partial charge in [0.1, 0.15) is 0 Å². The van der Waals surface area contributed by atoms with Crippen LogP contribution in [0.5, 0.6) is 0 Å². The normalized spacial score (nSPS) is 15.2. The molecule has 3 nitrogen and oxygen atoms in total. The molecule has 2 rings (SSSR count). The summed E-state index contributed by atoms with van der Waals surface area (Å²) in [5, 5.41) is 0. The van der Waals surface area contributed by atoms with Crippen molar-refractivity contribution in [1.29, 1.82) is 0 Å². The van der Waals surface area contributed by atoms with Crippen molar-refractivity contribution in [3.8, 4) is 0 Å². The molecule has 0 aromatic heterocycles. The molecule has 1 aliphatic heterocycles. The lowest BCUT2D eigenvalue weighted by Gasteiger charge is -2.06. The smallest absolute Gasteiger partial charge is 0.0667 e. The van der Waals surface area contributed by atoms with Crippen molar-refractivity contribution in [2.75, 3.05) is 18.6 Å². The summed E-state index contributed by atoms with van der Waals surface area (Å²) < 4.78 is 0. The van der Waals surface area contributed by atoms with Crippen LogP contribution in [0, 0.1) is 6.92 Å². The van der Waals surface area contributed by atoms with E-state index in [-0.39, 0.29) is 0 Å². The van der Waals surface area contributed by atoms with Crippen molar-refractivity contribution in [2.24, 2.45) is 15.0 Å². The second-order valence-corrected chi connectivity index (χ2v) is 7.48. The Kier molecular flexibility index (Phi) is 6.94. The Morgan fingerprint density at radius 3 is 2.76 bits per heavy atom. The fourth-order valence-electron chi connectivity index (χ4n) is 2.78. The molecule has 0 fully saturated rings. The van der Waals surface area contributed by atoms with Gasteiger partial charge in [0, 0.05) is 53.9 Å². The van der Waals surface area contributed by atoms with Gasteiger partial charge in [-0.2, -0.15) is 0 Å². The lowest BCUT2D eigenvalue weighted by Crippen LogP contribution is -2.05. The summed E-state index contributed by atoms with van der Waals surface area (Å²) >= 11 is 1.87. The second kappa shape index (κ2) is 8.95. The first kappa shape index (κ1) is 19.4. The predicted molar refractivity (Wildman–Crippen MR) is 114 cm³/mol. The molecule has 0 atom stereocenters. The highest BCUT2D eigenvalue weighted by atomic mass is 32.2. The van der Waals surface area contributed by atoms with E-state index in [9.17, 15) is 0 Å². The Bertz CT molecular complexity index is 782. The Hall–Kier alpha value is -1.94. The number of rotatable bonds is 7. The first-order chi connectivity index (χ1) is 11.9. The van der Waals surface area contributed by atoms with Gasteiger partial charge in [0.05, 0.1) is 5.69 Å². The Balaban J connectivity index is 1.93. The van der Waals surface area contributed by atoms with Gasteiger partial charge in [0.25, 0.3) is 0 Å². The topological polar surface area (TPSA) is 37.1 Å². The summed E-state index contributed by atoms with van der Waals surface area (Å²) in [6.45, 7) is 12.2. The SMILES string of the molecule is C=C(C)/C(C=NC)=C(/C)N=C(C)CSCC1=Nc2cc(C)ccc2C1. The van der Waals surface area contributed by atoms with Crippen LogP contribution in [0.15, 0.2) is 56.6 Å². The van der Waals surface area contributed by atoms with E-state index < -0.39 is 0 Å². The Morgan fingerprint density at radius 2 is 2.08 bits per heavy atom. The van der Waals surface area contributed by atoms with Gasteiger partial charge in [-0.1, -0.05) is 18.7 Å². The van der Waals surface area contributed by atoms with Gasteiger partial charge in [-0.15, -0.1) is 11.8 Å². The van der Waals surface area contributed by atoms with Crippen molar-refractivity contribution in [1.82, 2.24) is 0 Å². The maximum atomic E-state index is 4.76. The average Bonchev–Trinajstić information content (AvgIpc) is 2.93. The number of aryl methyl sites for hydroxylation is 1. The third kappa shape index (κ3) is 5.53. The lowest BCUT2D eigenvalue weighted by atomic mass is 10.1. The van der Waals surface area contributed by atoms with Crippen LogP contribution >= 0.6 is 11.8 Å². The van der Waals surface area contributed by atoms with Gasteiger partial charge < -0.3 is 0 Å². The van der Waals surface area contributed by atoms with Gasteiger partial charge in [-0.25, -0.2) is 0 Å². The second-order valence-electron chi connectivity index (χ2n) is 6.49. The Morgan fingerprint density at radius 1 is 1.32 bits per heavy atom. The van der Waals surface area contributed by atoms with E-state index in [0.29, 0.717) is 0 Å². The number of thioether (sulfide) groups is 1. The number of fused-ring (bicyclic) bond motifs is 1. The van der Waals surface area contributed by atoms with Crippen LogP contribution in [0.1, 0.15) is 31.9 Å². The number of hydrogen-bond donors (Lipinski definition) is 0. The highest BCUT2D eigenvalue weighted by Gasteiger charge is 2.14. The first-order valence-corrected chi connectivity index (χ1v) is 9.63. The third-order valence-corrected chi connectivity index (χ3v) is 5.12. The first-order valence-electron chi connectivity index (χ1n) is 8.47. The molecule has 1 aromatic rings. The van der Waals surface area contributed by atoms with Crippen LogP contribution in [0.3, 0.4) is 0 Å². The standard InChI is InChI=1S/C21H27N3S/c1-14(2)20(11-22-6)17(5)23-16(4)12-25-13-19-10-18-8-7-15(3)9-21(18)24-19/h7-9,11H,1,10,12-13H2,2-6H3/b20-17-,22-11?,23-16?. The molecule has 1 heterocycles. The number of allylic oxidation sites excluding steroid dienone is 3. The number of aliphatic imine (C=N–C) groups is 3. The molecule has 25 heavy (non-hydrogen) atoms. The molecular formula is C21H27N3S. The summed E-state index contributed by atoms with van der Waals surface area (Å²) in [7, 11) is 1.77. The zero-order valence-corrected chi connectivity index (χ0v) is 16.7. The molecule has 0 saturated heterocycles. The van der Waals surface area contributed by atoms with Crippen molar-refractivity contribution < 1.29 is 0 Å². The zero-order valence-electron chi connectivity index (χ0n) is 15.9. The van der Waals surface area contributed by atoms with Crippen LogP contribution in [-0.2, 0) is 6.42 Å². The minimum atomic E-state index is 0.901. The molecule has 1 aromatic carbocycles. The maximum Gasteiger partial charge on any atom is 0.0667 e. The number of nitrogens with zero attached hydrogens (tertiary/aromatic N) is 3. The zero-order chi connectivity index (χ0) is 18.4. The molecular weight excluding hydrogens is 326 g/mol. The van der Waals surface area contributed by atoms with E-state index in [1.165, 1.54) is 16.8 Å². The molecule has 0 amide bonds. The maximum absolute atomic E-state index is 4.76. The average molecular weight is 354 g/mol. The molecule has 132 valence electrons. The highest BCUT2D eigenvalue weighted by molar-refractivity contribution is 8.00. The molecule has 0 bridgehead atoms. The largest absolute Gasteiger partial charge is 0.296 e. The van der Waals surface area contributed by atoms with E-state index in [2.05, 4.69) is 43.6 Å². The van der Waals surface area contributed by atoms with E-state index in [1.54, 1.807) is 7.05 Å². The molecule has 0 saturated carbocycles.